The normalized spacial score (nSPS) is 10.8. The minimum Gasteiger partial charge on any atom is -0.492 e. The fraction of sp³-hybridized carbons (Fsp3) is 0.533. The molecule has 0 atom stereocenters. The highest BCUT2D eigenvalue weighted by molar-refractivity contribution is 14.0. The van der Waals surface area contributed by atoms with E-state index in [9.17, 15) is 0 Å². The number of benzene rings is 1. The zero-order chi connectivity index (χ0) is 15.3. The van der Waals surface area contributed by atoms with Crippen molar-refractivity contribution in [3.05, 3.63) is 29.3 Å². The number of ether oxygens (including phenoxy) is 2. The number of aliphatic imine (C=N–C) groups is 1. The Morgan fingerprint density at radius 3 is 2.73 bits per heavy atom. The highest BCUT2D eigenvalue weighted by Crippen LogP contribution is 2.16. The molecule has 0 bridgehead atoms. The third-order valence-corrected chi connectivity index (χ3v) is 2.75. The lowest BCUT2D eigenvalue weighted by atomic mass is 10.3. The molecule has 0 fully saturated rings. The summed E-state index contributed by atoms with van der Waals surface area (Å²) in [6.45, 7) is 8.00. The van der Waals surface area contributed by atoms with Gasteiger partial charge in [-0.25, -0.2) is 0 Å². The van der Waals surface area contributed by atoms with Crippen molar-refractivity contribution in [1.82, 2.24) is 10.6 Å². The van der Waals surface area contributed by atoms with E-state index in [1.807, 2.05) is 32.0 Å². The minimum absolute atomic E-state index is 0. The molecular formula is C15H25ClIN3O2. The molecule has 0 unspecified atom stereocenters. The fourth-order valence-electron chi connectivity index (χ4n) is 1.60. The van der Waals surface area contributed by atoms with E-state index < -0.39 is 0 Å². The molecule has 7 heteroatoms. The van der Waals surface area contributed by atoms with E-state index in [0.29, 0.717) is 37.9 Å². The van der Waals surface area contributed by atoms with Crippen molar-refractivity contribution in [2.45, 2.75) is 13.8 Å². The van der Waals surface area contributed by atoms with Gasteiger partial charge in [-0.15, -0.1) is 24.0 Å². The maximum Gasteiger partial charge on any atom is 0.191 e. The molecule has 0 spiro atoms. The van der Waals surface area contributed by atoms with Crippen LogP contribution in [0, 0.1) is 0 Å². The summed E-state index contributed by atoms with van der Waals surface area (Å²) in [4.78, 5) is 4.40. The molecule has 0 amide bonds. The molecule has 0 aliphatic carbocycles. The summed E-state index contributed by atoms with van der Waals surface area (Å²) in [5.74, 6) is 1.54. The van der Waals surface area contributed by atoms with E-state index >= 15 is 0 Å². The lowest BCUT2D eigenvalue weighted by molar-refractivity contribution is 0.155. The van der Waals surface area contributed by atoms with Crippen molar-refractivity contribution in [3.63, 3.8) is 0 Å². The predicted octanol–water partition coefficient (Wildman–Crippen LogP) is 2.93. The summed E-state index contributed by atoms with van der Waals surface area (Å²) < 4.78 is 10.9. The van der Waals surface area contributed by atoms with Crippen LogP contribution in [-0.4, -0.2) is 45.4 Å². The highest BCUT2D eigenvalue weighted by atomic mass is 127. The van der Waals surface area contributed by atoms with E-state index in [1.54, 1.807) is 6.07 Å². The number of rotatable bonds is 9. The maximum atomic E-state index is 5.90. The third-order valence-electron chi connectivity index (χ3n) is 2.51. The van der Waals surface area contributed by atoms with Gasteiger partial charge in [-0.3, -0.25) is 4.99 Å². The highest BCUT2D eigenvalue weighted by Gasteiger charge is 1.98. The average molecular weight is 442 g/mol. The Balaban J connectivity index is 0.00000441. The summed E-state index contributed by atoms with van der Waals surface area (Å²) in [5.41, 5.74) is 0. The number of nitrogens with one attached hydrogen (secondary N) is 2. The molecule has 126 valence electrons. The van der Waals surface area contributed by atoms with Gasteiger partial charge in [-0.1, -0.05) is 17.7 Å². The molecular weight excluding hydrogens is 417 g/mol. The fourth-order valence-corrected chi connectivity index (χ4v) is 1.78. The zero-order valence-electron chi connectivity index (χ0n) is 13.1. The van der Waals surface area contributed by atoms with Crippen LogP contribution in [0.25, 0.3) is 0 Å². The van der Waals surface area contributed by atoms with Crippen LogP contribution in [0.1, 0.15) is 13.8 Å². The Labute approximate surface area is 154 Å². The second kappa shape index (κ2) is 13.9. The summed E-state index contributed by atoms with van der Waals surface area (Å²) in [5, 5.41) is 7.05. The quantitative estimate of drug-likeness (QED) is 0.268. The number of nitrogens with zero attached hydrogens (tertiary/aromatic N) is 1. The summed E-state index contributed by atoms with van der Waals surface area (Å²) in [7, 11) is 0. The van der Waals surface area contributed by atoms with Crippen LogP contribution in [0.3, 0.4) is 0 Å². The van der Waals surface area contributed by atoms with Gasteiger partial charge in [0, 0.05) is 18.2 Å². The first-order valence-corrected chi connectivity index (χ1v) is 7.62. The molecule has 0 aromatic heterocycles. The largest absolute Gasteiger partial charge is 0.492 e. The van der Waals surface area contributed by atoms with Crippen LogP contribution in [0.2, 0.25) is 5.02 Å². The van der Waals surface area contributed by atoms with E-state index in [4.69, 9.17) is 21.1 Å². The van der Waals surface area contributed by atoms with Gasteiger partial charge in [0.25, 0.3) is 0 Å². The molecule has 0 heterocycles. The maximum absolute atomic E-state index is 5.90. The number of hydrogen-bond donors (Lipinski definition) is 2. The third kappa shape index (κ3) is 10.1. The van der Waals surface area contributed by atoms with Crippen molar-refractivity contribution in [3.8, 4) is 5.75 Å². The van der Waals surface area contributed by atoms with Gasteiger partial charge in [-0.2, -0.15) is 0 Å². The van der Waals surface area contributed by atoms with Gasteiger partial charge in [0.2, 0.25) is 0 Å². The second-order valence-corrected chi connectivity index (χ2v) is 4.63. The molecule has 0 aliphatic heterocycles. The summed E-state index contributed by atoms with van der Waals surface area (Å²) in [6, 6.07) is 7.36. The molecule has 0 aliphatic rings. The van der Waals surface area contributed by atoms with E-state index in [-0.39, 0.29) is 24.0 Å². The lowest BCUT2D eigenvalue weighted by Gasteiger charge is -2.12. The molecule has 0 saturated carbocycles. The van der Waals surface area contributed by atoms with Crippen molar-refractivity contribution >= 4 is 41.5 Å². The van der Waals surface area contributed by atoms with E-state index in [2.05, 4.69) is 15.6 Å². The smallest absolute Gasteiger partial charge is 0.191 e. The van der Waals surface area contributed by atoms with Gasteiger partial charge in [0.1, 0.15) is 12.4 Å². The topological polar surface area (TPSA) is 54.9 Å². The molecule has 1 aromatic rings. The Morgan fingerprint density at radius 1 is 1.23 bits per heavy atom. The van der Waals surface area contributed by atoms with E-state index in [1.165, 1.54) is 0 Å². The number of halogens is 2. The van der Waals surface area contributed by atoms with Crippen LogP contribution >= 0.6 is 35.6 Å². The molecule has 0 radical (unpaired) electrons. The first kappa shape index (κ1) is 21.3. The standard InChI is InChI=1S/C15H24ClN3O2.HI/c1-3-17-15(18-8-10-20-4-2)19-9-11-21-14-7-5-6-13(16)12-14;/h5-7,12H,3-4,8-11H2,1-2H3,(H2,17,18,19);1H. The van der Waals surface area contributed by atoms with Gasteiger partial charge < -0.3 is 20.1 Å². The zero-order valence-corrected chi connectivity index (χ0v) is 16.2. The first-order valence-electron chi connectivity index (χ1n) is 7.24. The molecule has 0 saturated heterocycles. The van der Waals surface area contributed by atoms with Crippen molar-refractivity contribution in [2.75, 3.05) is 39.5 Å². The first-order chi connectivity index (χ1) is 10.3. The van der Waals surface area contributed by atoms with Crippen LogP contribution in [0.15, 0.2) is 29.3 Å². The van der Waals surface area contributed by atoms with Crippen LogP contribution in [0.4, 0.5) is 0 Å². The molecule has 22 heavy (non-hydrogen) atoms. The predicted molar refractivity (Wildman–Crippen MR) is 103 cm³/mol. The SMILES string of the molecule is CCNC(=NCCOCC)NCCOc1cccc(Cl)c1.I. The van der Waals surface area contributed by atoms with Gasteiger partial charge in [0.15, 0.2) is 5.96 Å². The summed E-state index contributed by atoms with van der Waals surface area (Å²) in [6.07, 6.45) is 0. The second-order valence-electron chi connectivity index (χ2n) is 4.19. The van der Waals surface area contributed by atoms with Crippen molar-refractivity contribution in [2.24, 2.45) is 4.99 Å². The molecule has 1 rings (SSSR count). The van der Waals surface area contributed by atoms with Crippen LogP contribution in [-0.2, 0) is 4.74 Å². The van der Waals surface area contributed by atoms with Crippen molar-refractivity contribution < 1.29 is 9.47 Å². The van der Waals surface area contributed by atoms with Gasteiger partial charge in [-0.05, 0) is 32.0 Å². The van der Waals surface area contributed by atoms with Crippen LogP contribution in [0.5, 0.6) is 5.75 Å². The minimum atomic E-state index is 0. The summed E-state index contributed by atoms with van der Waals surface area (Å²) >= 11 is 5.90. The van der Waals surface area contributed by atoms with Crippen LogP contribution < -0.4 is 15.4 Å². The molecule has 1 aromatic carbocycles. The average Bonchev–Trinajstić information content (AvgIpc) is 2.48. The van der Waals surface area contributed by atoms with Crippen molar-refractivity contribution in [1.29, 1.82) is 0 Å². The number of hydrogen-bond acceptors (Lipinski definition) is 3. The number of guanidine groups is 1. The Kier molecular flexibility index (Phi) is 13.4. The van der Waals surface area contributed by atoms with Gasteiger partial charge in [0.05, 0.1) is 19.7 Å². The molecule has 5 nitrogen and oxygen atoms in total. The van der Waals surface area contributed by atoms with E-state index in [0.717, 1.165) is 18.3 Å². The Morgan fingerprint density at radius 2 is 2.05 bits per heavy atom. The van der Waals surface area contributed by atoms with Gasteiger partial charge >= 0.3 is 0 Å². The molecule has 2 N–H and O–H groups in total. The Hall–Kier alpha value is -0.730. The Bertz CT molecular complexity index is 433. The lowest BCUT2D eigenvalue weighted by Crippen LogP contribution is -2.39. The monoisotopic (exact) mass is 441 g/mol.